The zero-order valence-corrected chi connectivity index (χ0v) is 18.2. The second-order valence-electron chi connectivity index (χ2n) is 8.63. The van der Waals surface area contributed by atoms with Crippen LogP contribution in [0.15, 0.2) is 0 Å². The van der Waals surface area contributed by atoms with Gasteiger partial charge in [0, 0.05) is 0 Å². The zero-order valence-electron chi connectivity index (χ0n) is 18.2. The van der Waals surface area contributed by atoms with Crippen LogP contribution in [0.4, 0.5) is 0 Å². The van der Waals surface area contributed by atoms with Crippen LogP contribution in [0.3, 0.4) is 0 Å². The molecule has 156 valence electrons. The first-order valence-corrected chi connectivity index (χ1v) is 11.5. The SMILES string of the molecule is CCCCCCCCCCCCCCCC(C)OCC1COC(C)(C)O1. The average molecular weight is 371 g/mol. The molecule has 1 rings (SSSR count). The lowest BCUT2D eigenvalue weighted by atomic mass is 10.0. The van der Waals surface area contributed by atoms with Gasteiger partial charge in [-0.15, -0.1) is 0 Å². The normalized spacial score (nSPS) is 20.5. The van der Waals surface area contributed by atoms with E-state index >= 15 is 0 Å². The van der Waals surface area contributed by atoms with Crippen LogP contribution in [0.25, 0.3) is 0 Å². The molecule has 0 N–H and O–H groups in total. The van der Waals surface area contributed by atoms with Gasteiger partial charge >= 0.3 is 0 Å². The quantitative estimate of drug-likeness (QED) is 0.257. The minimum Gasteiger partial charge on any atom is -0.376 e. The molecule has 3 heteroatoms. The average Bonchev–Trinajstić information content (AvgIpc) is 2.96. The Hall–Kier alpha value is -0.120. The van der Waals surface area contributed by atoms with Crippen molar-refractivity contribution in [1.82, 2.24) is 0 Å². The fourth-order valence-electron chi connectivity index (χ4n) is 3.65. The fraction of sp³-hybridized carbons (Fsp3) is 1.00. The molecule has 0 aromatic rings. The van der Waals surface area contributed by atoms with E-state index in [4.69, 9.17) is 14.2 Å². The number of rotatable bonds is 17. The molecule has 0 spiro atoms. The van der Waals surface area contributed by atoms with Gasteiger partial charge in [-0.05, 0) is 27.2 Å². The van der Waals surface area contributed by atoms with Crippen LogP contribution in [0.2, 0.25) is 0 Å². The molecule has 0 aromatic carbocycles. The van der Waals surface area contributed by atoms with Gasteiger partial charge in [-0.1, -0.05) is 90.4 Å². The third kappa shape index (κ3) is 13.1. The molecule has 0 saturated carbocycles. The monoisotopic (exact) mass is 370 g/mol. The summed E-state index contributed by atoms with van der Waals surface area (Å²) in [5.74, 6) is -0.438. The van der Waals surface area contributed by atoms with Crippen LogP contribution in [-0.4, -0.2) is 31.2 Å². The summed E-state index contributed by atoms with van der Waals surface area (Å²) in [4.78, 5) is 0. The number of ether oxygens (including phenoxy) is 3. The Balaban J connectivity index is 1.78. The number of hydrogen-bond donors (Lipinski definition) is 0. The van der Waals surface area contributed by atoms with E-state index in [2.05, 4.69) is 13.8 Å². The molecule has 1 saturated heterocycles. The molecule has 0 aromatic heterocycles. The Kier molecular flexibility index (Phi) is 13.7. The first-order chi connectivity index (χ1) is 12.5. The van der Waals surface area contributed by atoms with E-state index in [1.165, 1.54) is 83.5 Å². The Morgan fingerprint density at radius 1 is 0.846 bits per heavy atom. The molecule has 26 heavy (non-hydrogen) atoms. The Bertz CT molecular complexity index is 317. The molecule has 2 unspecified atom stereocenters. The summed E-state index contributed by atoms with van der Waals surface area (Å²) in [6.07, 6.45) is 19.9. The van der Waals surface area contributed by atoms with Crippen LogP contribution in [0, 0.1) is 0 Å². The molecule has 1 aliphatic heterocycles. The first kappa shape index (κ1) is 23.9. The summed E-state index contributed by atoms with van der Waals surface area (Å²) in [5, 5.41) is 0. The molecular formula is C23H46O3. The van der Waals surface area contributed by atoms with E-state index in [1.54, 1.807) is 0 Å². The van der Waals surface area contributed by atoms with E-state index in [0.29, 0.717) is 19.3 Å². The van der Waals surface area contributed by atoms with Crippen molar-refractivity contribution in [2.24, 2.45) is 0 Å². The van der Waals surface area contributed by atoms with Gasteiger partial charge in [-0.3, -0.25) is 0 Å². The van der Waals surface area contributed by atoms with Crippen LogP contribution >= 0.6 is 0 Å². The minimum atomic E-state index is -0.438. The highest BCUT2D eigenvalue weighted by atomic mass is 16.7. The molecule has 0 radical (unpaired) electrons. The van der Waals surface area contributed by atoms with Gasteiger partial charge in [0.2, 0.25) is 0 Å². The maximum atomic E-state index is 5.92. The third-order valence-corrected chi connectivity index (χ3v) is 5.35. The number of unbranched alkanes of at least 4 members (excludes halogenated alkanes) is 12. The molecule has 2 atom stereocenters. The fourth-order valence-corrected chi connectivity index (χ4v) is 3.65. The molecule has 1 heterocycles. The second kappa shape index (κ2) is 14.9. The van der Waals surface area contributed by atoms with Gasteiger partial charge in [-0.2, -0.15) is 0 Å². The molecule has 0 bridgehead atoms. The number of hydrogen-bond acceptors (Lipinski definition) is 3. The molecule has 0 aliphatic carbocycles. The summed E-state index contributed by atoms with van der Waals surface area (Å²) in [6.45, 7) is 9.70. The molecule has 1 fully saturated rings. The molecule has 1 aliphatic rings. The van der Waals surface area contributed by atoms with E-state index in [1.807, 2.05) is 13.8 Å². The maximum Gasteiger partial charge on any atom is 0.163 e. The van der Waals surface area contributed by atoms with Crippen molar-refractivity contribution in [3.8, 4) is 0 Å². The predicted molar refractivity (Wildman–Crippen MR) is 111 cm³/mol. The Morgan fingerprint density at radius 2 is 1.35 bits per heavy atom. The smallest absolute Gasteiger partial charge is 0.163 e. The highest BCUT2D eigenvalue weighted by Gasteiger charge is 2.32. The van der Waals surface area contributed by atoms with Gasteiger partial charge in [0.25, 0.3) is 0 Å². The van der Waals surface area contributed by atoms with Crippen molar-refractivity contribution >= 4 is 0 Å². The maximum absolute atomic E-state index is 5.92. The van der Waals surface area contributed by atoms with Crippen molar-refractivity contribution < 1.29 is 14.2 Å². The highest BCUT2D eigenvalue weighted by Crippen LogP contribution is 2.23. The lowest BCUT2D eigenvalue weighted by Gasteiger charge is -2.19. The standard InChI is InChI=1S/C23H46O3/c1-5-6-7-8-9-10-11-12-13-14-15-16-17-18-21(2)24-19-22-20-25-23(3,4)26-22/h21-22H,5-20H2,1-4H3. The van der Waals surface area contributed by atoms with Gasteiger partial charge in [-0.25, -0.2) is 0 Å². The summed E-state index contributed by atoms with van der Waals surface area (Å²) in [7, 11) is 0. The highest BCUT2D eigenvalue weighted by molar-refractivity contribution is 4.70. The Morgan fingerprint density at radius 3 is 1.81 bits per heavy atom. The Labute approximate surface area is 163 Å². The second-order valence-corrected chi connectivity index (χ2v) is 8.63. The van der Waals surface area contributed by atoms with Crippen molar-refractivity contribution in [1.29, 1.82) is 0 Å². The lowest BCUT2D eigenvalue weighted by molar-refractivity contribution is -0.147. The molecule has 0 amide bonds. The first-order valence-electron chi connectivity index (χ1n) is 11.5. The van der Waals surface area contributed by atoms with E-state index in [-0.39, 0.29) is 6.10 Å². The largest absolute Gasteiger partial charge is 0.376 e. The minimum absolute atomic E-state index is 0.0964. The lowest BCUT2D eigenvalue weighted by Crippen LogP contribution is -2.25. The van der Waals surface area contributed by atoms with E-state index in [9.17, 15) is 0 Å². The van der Waals surface area contributed by atoms with Crippen LogP contribution < -0.4 is 0 Å². The topological polar surface area (TPSA) is 27.7 Å². The van der Waals surface area contributed by atoms with Crippen LogP contribution in [0.5, 0.6) is 0 Å². The zero-order chi connectivity index (χ0) is 19.1. The summed E-state index contributed by atoms with van der Waals surface area (Å²) >= 11 is 0. The summed E-state index contributed by atoms with van der Waals surface area (Å²) in [6, 6.07) is 0. The van der Waals surface area contributed by atoms with Crippen molar-refractivity contribution in [2.75, 3.05) is 13.2 Å². The molecule has 3 nitrogen and oxygen atoms in total. The predicted octanol–water partition coefficient (Wildman–Crippen LogP) is 7.02. The van der Waals surface area contributed by atoms with Gasteiger partial charge < -0.3 is 14.2 Å². The van der Waals surface area contributed by atoms with Crippen LogP contribution in [-0.2, 0) is 14.2 Å². The van der Waals surface area contributed by atoms with Crippen molar-refractivity contribution in [3.05, 3.63) is 0 Å². The van der Waals surface area contributed by atoms with Gasteiger partial charge in [0.1, 0.15) is 6.10 Å². The van der Waals surface area contributed by atoms with E-state index in [0.717, 1.165) is 6.42 Å². The summed E-state index contributed by atoms with van der Waals surface area (Å²) < 4.78 is 17.3. The van der Waals surface area contributed by atoms with Gasteiger partial charge in [0.05, 0.1) is 19.3 Å². The van der Waals surface area contributed by atoms with Crippen LogP contribution in [0.1, 0.15) is 118 Å². The van der Waals surface area contributed by atoms with Gasteiger partial charge in [0.15, 0.2) is 5.79 Å². The van der Waals surface area contributed by atoms with E-state index < -0.39 is 5.79 Å². The van der Waals surface area contributed by atoms with Crippen molar-refractivity contribution in [2.45, 2.75) is 136 Å². The summed E-state index contributed by atoms with van der Waals surface area (Å²) in [5.41, 5.74) is 0. The third-order valence-electron chi connectivity index (χ3n) is 5.35. The van der Waals surface area contributed by atoms with Crippen molar-refractivity contribution in [3.63, 3.8) is 0 Å². The molecular weight excluding hydrogens is 324 g/mol.